The topological polar surface area (TPSA) is 70.1 Å². The standard InChI is InChI=1S/C14H18N2O4/c1-15(2)12(17)6-7-16-8-9-20-13-10(14(18)19)4-3-5-11(13)16/h3-5H,6-9H2,1-2H3,(H,18,19). The van der Waals surface area contributed by atoms with Gasteiger partial charge in [-0.3, -0.25) is 4.79 Å². The molecule has 1 aromatic carbocycles. The Hall–Kier alpha value is -2.24. The highest BCUT2D eigenvalue weighted by Crippen LogP contribution is 2.34. The number of hydrogen-bond acceptors (Lipinski definition) is 4. The fourth-order valence-corrected chi connectivity index (χ4v) is 2.16. The van der Waals surface area contributed by atoms with E-state index in [1.807, 2.05) is 11.0 Å². The van der Waals surface area contributed by atoms with Gasteiger partial charge in [0.2, 0.25) is 5.91 Å². The quantitative estimate of drug-likeness (QED) is 0.892. The molecule has 0 aliphatic carbocycles. The van der Waals surface area contributed by atoms with Crippen molar-refractivity contribution in [3.8, 4) is 5.75 Å². The molecule has 0 unspecified atom stereocenters. The van der Waals surface area contributed by atoms with Crippen LogP contribution in [0, 0.1) is 0 Å². The number of nitrogens with zero attached hydrogens (tertiary/aromatic N) is 2. The molecule has 1 aromatic rings. The summed E-state index contributed by atoms with van der Waals surface area (Å²) < 4.78 is 5.48. The van der Waals surface area contributed by atoms with Gasteiger partial charge in [0.1, 0.15) is 12.2 Å². The summed E-state index contributed by atoms with van der Waals surface area (Å²) in [6.07, 6.45) is 0.393. The summed E-state index contributed by atoms with van der Waals surface area (Å²) >= 11 is 0. The minimum atomic E-state index is -1.01. The van der Waals surface area contributed by atoms with Crippen LogP contribution in [0.4, 0.5) is 5.69 Å². The van der Waals surface area contributed by atoms with Crippen LogP contribution in [0.25, 0.3) is 0 Å². The first-order chi connectivity index (χ1) is 9.50. The molecule has 0 aromatic heterocycles. The van der Waals surface area contributed by atoms with E-state index in [9.17, 15) is 9.59 Å². The van der Waals surface area contributed by atoms with Crippen LogP contribution in [0.15, 0.2) is 18.2 Å². The van der Waals surface area contributed by atoms with Crippen LogP contribution in [-0.4, -0.2) is 55.7 Å². The molecule has 1 heterocycles. The molecule has 0 saturated carbocycles. The van der Waals surface area contributed by atoms with Crippen molar-refractivity contribution < 1.29 is 19.4 Å². The van der Waals surface area contributed by atoms with Gasteiger partial charge in [0.15, 0.2) is 5.75 Å². The Morgan fingerprint density at radius 2 is 2.15 bits per heavy atom. The molecule has 108 valence electrons. The normalized spacial score (nSPS) is 13.4. The highest BCUT2D eigenvalue weighted by Gasteiger charge is 2.23. The summed E-state index contributed by atoms with van der Waals surface area (Å²) in [5, 5.41) is 9.16. The number of rotatable bonds is 4. The first-order valence-electron chi connectivity index (χ1n) is 6.45. The van der Waals surface area contributed by atoms with Crippen molar-refractivity contribution in [2.75, 3.05) is 38.7 Å². The van der Waals surface area contributed by atoms with Gasteiger partial charge in [-0.25, -0.2) is 4.79 Å². The zero-order valence-electron chi connectivity index (χ0n) is 11.6. The number of aromatic carboxylic acids is 1. The molecule has 0 saturated heterocycles. The molecule has 6 heteroatoms. The Bertz CT molecular complexity index is 528. The van der Waals surface area contributed by atoms with Gasteiger partial charge in [0.05, 0.1) is 12.2 Å². The van der Waals surface area contributed by atoms with E-state index in [2.05, 4.69) is 0 Å². The molecule has 0 radical (unpaired) electrons. The third kappa shape index (κ3) is 2.84. The lowest BCUT2D eigenvalue weighted by molar-refractivity contribution is -0.128. The van der Waals surface area contributed by atoms with Gasteiger partial charge in [-0.2, -0.15) is 0 Å². The van der Waals surface area contributed by atoms with Crippen molar-refractivity contribution in [2.24, 2.45) is 0 Å². The molecular weight excluding hydrogens is 260 g/mol. The summed E-state index contributed by atoms with van der Waals surface area (Å²) in [4.78, 5) is 26.4. The van der Waals surface area contributed by atoms with Gasteiger partial charge in [-0.05, 0) is 12.1 Å². The third-order valence-corrected chi connectivity index (χ3v) is 3.27. The number of ether oxygens (including phenoxy) is 1. The van der Waals surface area contributed by atoms with Crippen molar-refractivity contribution >= 4 is 17.6 Å². The van der Waals surface area contributed by atoms with Crippen LogP contribution in [0.1, 0.15) is 16.8 Å². The SMILES string of the molecule is CN(C)C(=O)CCN1CCOc2c(C(=O)O)cccc21. The van der Waals surface area contributed by atoms with Crippen LogP contribution in [0.3, 0.4) is 0 Å². The first-order valence-corrected chi connectivity index (χ1v) is 6.45. The number of anilines is 1. The highest BCUT2D eigenvalue weighted by molar-refractivity contribution is 5.93. The fraction of sp³-hybridized carbons (Fsp3) is 0.429. The maximum absolute atomic E-state index is 11.6. The van der Waals surface area contributed by atoms with E-state index in [1.54, 1.807) is 25.1 Å². The maximum Gasteiger partial charge on any atom is 0.339 e. The lowest BCUT2D eigenvalue weighted by Crippen LogP contribution is -2.36. The Balaban J connectivity index is 2.18. The molecule has 1 aliphatic rings. The lowest BCUT2D eigenvalue weighted by Gasteiger charge is -2.32. The molecule has 0 fully saturated rings. The largest absolute Gasteiger partial charge is 0.489 e. The zero-order valence-corrected chi connectivity index (χ0v) is 11.6. The van der Waals surface area contributed by atoms with Crippen molar-refractivity contribution in [3.05, 3.63) is 23.8 Å². The van der Waals surface area contributed by atoms with E-state index in [0.717, 1.165) is 5.69 Å². The number of benzene rings is 1. The number of fused-ring (bicyclic) bond motifs is 1. The molecule has 1 amide bonds. The molecule has 0 bridgehead atoms. The Labute approximate surface area is 117 Å². The Kier molecular flexibility index (Phi) is 4.12. The predicted molar refractivity (Wildman–Crippen MR) is 74.4 cm³/mol. The van der Waals surface area contributed by atoms with E-state index in [0.29, 0.717) is 31.9 Å². The van der Waals surface area contributed by atoms with E-state index in [1.165, 1.54) is 6.07 Å². The predicted octanol–water partition coefficient (Wildman–Crippen LogP) is 1.06. The van der Waals surface area contributed by atoms with Crippen LogP contribution in [0.2, 0.25) is 0 Å². The Morgan fingerprint density at radius 1 is 1.40 bits per heavy atom. The van der Waals surface area contributed by atoms with Crippen LogP contribution in [0.5, 0.6) is 5.75 Å². The van der Waals surface area contributed by atoms with Crippen LogP contribution >= 0.6 is 0 Å². The number of para-hydroxylation sites is 1. The van der Waals surface area contributed by atoms with E-state index >= 15 is 0 Å². The zero-order chi connectivity index (χ0) is 14.7. The van der Waals surface area contributed by atoms with Gasteiger partial charge in [-0.15, -0.1) is 0 Å². The van der Waals surface area contributed by atoms with Gasteiger partial charge in [-0.1, -0.05) is 6.07 Å². The smallest absolute Gasteiger partial charge is 0.339 e. The molecule has 20 heavy (non-hydrogen) atoms. The number of amides is 1. The summed E-state index contributed by atoms with van der Waals surface area (Å²) in [7, 11) is 3.44. The van der Waals surface area contributed by atoms with E-state index < -0.39 is 5.97 Å². The second kappa shape index (κ2) is 5.81. The minimum absolute atomic E-state index is 0.0485. The van der Waals surface area contributed by atoms with Crippen molar-refractivity contribution in [2.45, 2.75) is 6.42 Å². The highest BCUT2D eigenvalue weighted by atomic mass is 16.5. The minimum Gasteiger partial charge on any atom is -0.489 e. The number of hydrogen-bond donors (Lipinski definition) is 1. The number of carbonyl (C=O) groups is 2. The van der Waals surface area contributed by atoms with Crippen molar-refractivity contribution in [3.63, 3.8) is 0 Å². The van der Waals surface area contributed by atoms with Crippen LogP contribution < -0.4 is 9.64 Å². The summed E-state index contributed by atoms with van der Waals surface area (Å²) in [5.74, 6) is -0.566. The maximum atomic E-state index is 11.6. The summed E-state index contributed by atoms with van der Waals surface area (Å²) in [6, 6.07) is 5.04. The monoisotopic (exact) mass is 278 g/mol. The third-order valence-electron chi connectivity index (χ3n) is 3.27. The van der Waals surface area contributed by atoms with Gasteiger partial charge in [0, 0.05) is 27.1 Å². The average Bonchev–Trinajstić information content (AvgIpc) is 2.43. The molecule has 6 nitrogen and oxygen atoms in total. The van der Waals surface area contributed by atoms with E-state index in [-0.39, 0.29) is 11.5 Å². The van der Waals surface area contributed by atoms with E-state index in [4.69, 9.17) is 9.84 Å². The molecule has 2 rings (SSSR count). The van der Waals surface area contributed by atoms with Gasteiger partial charge in [0.25, 0.3) is 0 Å². The van der Waals surface area contributed by atoms with Gasteiger partial charge < -0.3 is 19.6 Å². The molecular formula is C14H18N2O4. The second-order valence-electron chi connectivity index (χ2n) is 4.83. The number of carboxylic acid groups (broad SMARTS) is 1. The van der Waals surface area contributed by atoms with Gasteiger partial charge >= 0.3 is 5.97 Å². The first kappa shape index (κ1) is 14.2. The molecule has 1 N–H and O–H groups in total. The van der Waals surface area contributed by atoms with Crippen molar-refractivity contribution in [1.82, 2.24) is 4.90 Å². The molecule has 0 spiro atoms. The summed E-state index contributed by atoms with van der Waals surface area (Å²) in [6.45, 7) is 1.63. The summed E-state index contributed by atoms with van der Waals surface area (Å²) in [5.41, 5.74) is 0.897. The number of carboxylic acids is 1. The average molecular weight is 278 g/mol. The number of carbonyl (C=O) groups excluding carboxylic acids is 1. The second-order valence-corrected chi connectivity index (χ2v) is 4.83. The lowest BCUT2D eigenvalue weighted by atomic mass is 10.1. The molecule has 0 atom stereocenters. The van der Waals surface area contributed by atoms with Crippen molar-refractivity contribution in [1.29, 1.82) is 0 Å². The fourth-order valence-electron chi connectivity index (χ4n) is 2.16. The van der Waals surface area contributed by atoms with Crippen LogP contribution in [-0.2, 0) is 4.79 Å². The molecule has 1 aliphatic heterocycles. The Morgan fingerprint density at radius 3 is 2.80 bits per heavy atom.